The van der Waals surface area contributed by atoms with Crippen molar-refractivity contribution in [1.82, 2.24) is 0 Å². The zero-order valence-electron chi connectivity index (χ0n) is 23.5. The van der Waals surface area contributed by atoms with Gasteiger partial charge in [-0.25, -0.2) is 0 Å². The molecule has 0 aliphatic rings. The molecule has 0 bridgehead atoms. The molecule has 0 fully saturated rings. The molecule has 0 atom stereocenters. The molecule has 0 aliphatic carbocycles. The molecule has 3 heteroatoms. The summed E-state index contributed by atoms with van der Waals surface area (Å²) in [5.41, 5.74) is 6.80. The highest BCUT2D eigenvalue weighted by atomic mass is 32.3. The fraction of sp³-hybridized carbons (Fsp3) is 0.0513. The van der Waals surface area contributed by atoms with E-state index in [-0.39, 0.29) is 5.97 Å². The number of hydrogen-bond acceptors (Lipinski definition) is 2. The first-order chi connectivity index (χ1) is 20.7. The lowest BCUT2D eigenvalue weighted by Gasteiger charge is -2.40. The average molecular weight is 565 g/mol. The van der Waals surface area contributed by atoms with Crippen LogP contribution in [0.25, 0.3) is 33.4 Å². The molecule has 0 saturated heterocycles. The zero-order chi connectivity index (χ0) is 28.8. The molecule has 6 aromatic carbocycles. The first kappa shape index (κ1) is 27.3. The summed E-state index contributed by atoms with van der Waals surface area (Å²) in [4.78, 5) is 16.1. The maximum atomic E-state index is 13.2. The standard InChI is InChI=1S/C39H32O2S/c1-2-39(40)41-42(36-24-18-33(19-25-36)30-12-6-3-7-13-30,37-26-20-34(21-27-37)31-14-8-4-9-15-31)38-28-22-35(23-29-38)32-16-10-5-11-17-32/h3-29H,2H2,1H3. The van der Waals surface area contributed by atoms with E-state index in [0.717, 1.165) is 48.1 Å². The van der Waals surface area contributed by atoms with E-state index in [0.29, 0.717) is 6.42 Å². The van der Waals surface area contributed by atoms with Gasteiger partial charge in [0.05, 0.1) is 0 Å². The van der Waals surface area contributed by atoms with Crippen LogP contribution in [0.4, 0.5) is 0 Å². The normalized spacial score (nSPS) is 11.5. The van der Waals surface area contributed by atoms with Gasteiger partial charge in [0.2, 0.25) is 0 Å². The molecule has 2 nitrogen and oxygen atoms in total. The van der Waals surface area contributed by atoms with Gasteiger partial charge >= 0.3 is 5.97 Å². The van der Waals surface area contributed by atoms with Crippen molar-refractivity contribution in [3.05, 3.63) is 164 Å². The molecule has 0 aliphatic heterocycles. The maximum absolute atomic E-state index is 13.2. The molecule has 206 valence electrons. The third kappa shape index (κ3) is 5.52. The fourth-order valence-electron chi connectivity index (χ4n) is 5.16. The highest BCUT2D eigenvalue weighted by Gasteiger charge is 2.35. The Bertz CT molecular complexity index is 1550. The Morgan fingerprint density at radius 3 is 0.952 bits per heavy atom. The SMILES string of the molecule is CCC(=O)OS(c1ccc(-c2ccccc2)cc1)(c1ccc(-c2ccccc2)cc1)c1ccc(-c2ccccc2)cc1. The summed E-state index contributed by atoms with van der Waals surface area (Å²) < 4.78 is 6.63. The van der Waals surface area contributed by atoms with Crippen LogP contribution in [-0.2, 0) is 8.98 Å². The highest BCUT2D eigenvalue weighted by molar-refractivity contribution is 8.30. The molecule has 0 saturated carbocycles. The minimum absolute atomic E-state index is 0.226. The Hall–Kier alpha value is -4.86. The monoisotopic (exact) mass is 564 g/mol. The predicted molar refractivity (Wildman–Crippen MR) is 174 cm³/mol. The molecule has 0 N–H and O–H groups in total. The summed E-state index contributed by atoms with van der Waals surface area (Å²) in [6, 6.07) is 56.5. The van der Waals surface area contributed by atoms with Crippen molar-refractivity contribution in [2.24, 2.45) is 0 Å². The van der Waals surface area contributed by atoms with Gasteiger partial charge in [-0.3, -0.25) is 4.79 Å². The third-order valence-electron chi connectivity index (χ3n) is 7.39. The molecule has 0 aromatic heterocycles. The minimum Gasteiger partial charge on any atom is -0.402 e. The average Bonchev–Trinajstić information content (AvgIpc) is 3.08. The van der Waals surface area contributed by atoms with Gasteiger partial charge in [-0.2, -0.15) is 0 Å². The Kier molecular flexibility index (Phi) is 8.02. The van der Waals surface area contributed by atoms with E-state index in [4.69, 9.17) is 4.18 Å². The van der Waals surface area contributed by atoms with E-state index in [2.05, 4.69) is 109 Å². The third-order valence-corrected chi connectivity index (χ3v) is 10.6. The number of hydrogen-bond donors (Lipinski definition) is 0. The summed E-state index contributed by atoms with van der Waals surface area (Å²) >= 11 is 0. The van der Waals surface area contributed by atoms with Gasteiger partial charge in [-0.1, -0.05) is 134 Å². The summed E-state index contributed by atoms with van der Waals surface area (Å²) in [6.07, 6.45) is 0.293. The van der Waals surface area contributed by atoms with E-state index in [1.807, 2.05) is 61.5 Å². The van der Waals surface area contributed by atoms with E-state index in [9.17, 15) is 4.79 Å². The zero-order valence-corrected chi connectivity index (χ0v) is 24.3. The lowest BCUT2D eigenvalue weighted by Crippen LogP contribution is -2.13. The molecule has 42 heavy (non-hydrogen) atoms. The summed E-state index contributed by atoms with van der Waals surface area (Å²) in [5, 5.41) is 0. The largest absolute Gasteiger partial charge is 0.402 e. The van der Waals surface area contributed by atoms with Crippen molar-refractivity contribution in [2.75, 3.05) is 0 Å². The smallest absolute Gasteiger partial charge is 0.316 e. The quantitative estimate of drug-likeness (QED) is 0.184. The first-order valence-corrected chi connectivity index (χ1v) is 15.8. The van der Waals surface area contributed by atoms with Crippen LogP contribution in [0.5, 0.6) is 0 Å². The molecule has 6 aromatic rings. The van der Waals surface area contributed by atoms with Gasteiger partial charge in [0.15, 0.2) is 0 Å². The van der Waals surface area contributed by atoms with Crippen LogP contribution in [-0.4, -0.2) is 5.97 Å². The fourth-order valence-corrected chi connectivity index (χ4v) is 8.22. The second-order valence-electron chi connectivity index (χ2n) is 10.0. The minimum atomic E-state index is -2.39. The van der Waals surface area contributed by atoms with Gasteiger partial charge in [0.1, 0.15) is 0 Å². The van der Waals surface area contributed by atoms with Crippen LogP contribution in [0, 0.1) is 0 Å². The number of carbonyl (C=O) groups is 1. The molecule has 0 unspecified atom stereocenters. The van der Waals surface area contributed by atoms with Crippen LogP contribution in [0.3, 0.4) is 0 Å². The van der Waals surface area contributed by atoms with Gasteiger partial charge in [-0.15, -0.1) is 0 Å². The van der Waals surface area contributed by atoms with Gasteiger partial charge in [-0.05, 0) is 80.1 Å². The van der Waals surface area contributed by atoms with Crippen molar-refractivity contribution >= 4 is 16.3 Å². The summed E-state index contributed by atoms with van der Waals surface area (Å²) in [7, 11) is -2.39. The van der Waals surface area contributed by atoms with Crippen molar-refractivity contribution in [3.8, 4) is 33.4 Å². The van der Waals surface area contributed by atoms with Crippen molar-refractivity contribution in [2.45, 2.75) is 28.0 Å². The number of rotatable bonds is 8. The topological polar surface area (TPSA) is 26.3 Å². The van der Waals surface area contributed by atoms with E-state index in [1.54, 1.807) is 0 Å². The van der Waals surface area contributed by atoms with Crippen molar-refractivity contribution in [1.29, 1.82) is 0 Å². The number of benzene rings is 6. The van der Waals surface area contributed by atoms with Gasteiger partial charge in [0.25, 0.3) is 0 Å². The second kappa shape index (κ2) is 12.3. The molecule has 0 spiro atoms. The first-order valence-electron chi connectivity index (χ1n) is 14.2. The van der Waals surface area contributed by atoms with E-state index < -0.39 is 10.3 Å². The van der Waals surface area contributed by atoms with Crippen LogP contribution < -0.4 is 0 Å². The highest BCUT2D eigenvalue weighted by Crippen LogP contribution is 2.69. The summed E-state index contributed by atoms with van der Waals surface area (Å²) in [5.74, 6) is -0.226. The van der Waals surface area contributed by atoms with Gasteiger partial charge < -0.3 is 4.18 Å². The Balaban J connectivity index is 1.52. The van der Waals surface area contributed by atoms with Crippen molar-refractivity contribution in [3.63, 3.8) is 0 Å². The molecule has 0 radical (unpaired) electrons. The van der Waals surface area contributed by atoms with E-state index in [1.165, 1.54) is 0 Å². The Labute approximate surface area is 249 Å². The second-order valence-corrected chi connectivity index (χ2v) is 12.7. The lowest BCUT2D eigenvalue weighted by atomic mass is 10.1. The molecular formula is C39H32O2S. The molecular weight excluding hydrogens is 532 g/mol. The van der Waals surface area contributed by atoms with Crippen LogP contribution >= 0.6 is 10.3 Å². The summed E-state index contributed by atoms with van der Waals surface area (Å²) in [6.45, 7) is 1.85. The maximum Gasteiger partial charge on any atom is 0.316 e. The van der Waals surface area contributed by atoms with Gasteiger partial charge in [0, 0.05) is 21.1 Å². The van der Waals surface area contributed by atoms with E-state index >= 15 is 0 Å². The van der Waals surface area contributed by atoms with Crippen LogP contribution in [0.2, 0.25) is 0 Å². The van der Waals surface area contributed by atoms with Crippen molar-refractivity contribution < 1.29 is 8.98 Å². The Morgan fingerprint density at radius 1 is 0.429 bits per heavy atom. The van der Waals surface area contributed by atoms with Crippen LogP contribution in [0.1, 0.15) is 13.3 Å². The number of carbonyl (C=O) groups excluding carboxylic acids is 1. The molecule has 6 rings (SSSR count). The molecule has 0 amide bonds. The van der Waals surface area contributed by atoms with Crippen LogP contribution in [0.15, 0.2) is 178 Å². The Morgan fingerprint density at radius 2 is 0.690 bits per heavy atom. The predicted octanol–water partition coefficient (Wildman–Crippen LogP) is 10.8. The lowest BCUT2D eigenvalue weighted by molar-refractivity contribution is -0.133. The molecule has 0 heterocycles.